The van der Waals surface area contributed by atoms with E-state index in [1.807, 2.05) is 13.8 Å². The molecule has 4 aliphatic carbocycles. The first kappa shape index (κ1) is 49.5. The molecule has 4 heteroatoms. The van der Waals surface area contributed by atoms with Crippen molar-refractivity contribution >= 4 is 110 Å². The van der Waals surface area contributed by atoms with Crippen LogP contribution in [0.3, 0.4) is 0 Å². The van der Waals surface area contributed by atoms with Crippen molar-refractivity contribution in [2.75, 3.05) is 9.80 Å². The molecule has 0 unspecified atom stereocenters. The Balaban J connectivity index is 0.00000273. The molecular formula is C76H74N2O2. The number of benzene rings is 10. The Kier molecular flexibility index (Phi) is 12.9. The fourth-order valence-electron chi connectivity index (χ4n) is 16.0. The predicted molar refractivity (Wildman–Crippen MR) is 339 cm³/mol. The van der Waals surface area contributed by atoms with Crippen LogP contribution in [0.5, 0.6) is 0 Å². The van der Waals surface area contributed by atoms with Gasteiger partial charge in [-0.2, -0.15) is 0 Å². The number of nitrogens with zero attached hydrogens (tertiary/aromatic N) is 2. The maximum Gasteiger partial charge on any atom is 0.159 e. The fraction of sp³-hybridized carbons (Fsp3) is 0.316. The Hall–Kier alpha value is -7.56. The Labute approximate surface area is 471 Å². The molecule has 4 fully saturated rings. The lowest BCUT2D eigenvalue weighted by atomic mass is 9.82. The molecule has 4 saturated carbocycles. The van der Waals surface area contributed by atoms with Gasteiger partial charge < -0.3 is 18.6 Å². The normalized spacial score (nSPS) is 17.0. The summed E-state index contributed by atoms with van der Waals surface area (Å²) in [6.07, 6.45) is 22.7. The zero-order valence-electron chi connectivity index (χ0n) is 46.9. The van der Waals surface area contributed by atoms with Crippen molar-refractivity contribution in [2.24, 2.45) is 0 Å². The molecule has 80 heavy (non-hydrogen) atoms. The Morgan fingerprint density at radius 1 is 0.275 bits per heavy atom. The van der Waals surface area contributed by atoms with E-state index in [0.717, 1.165) is 45.1 Å². The molecule has 400 valence electrons. The Morgan fingerprint density at radius 2 is 0.600 bits per heavy atom. The lowest BCUT2D eigenvalue weighted by Crippen LogP contribution is -2.13. The minimum atomic E-state index is 0.477. The van der Waals surface area contributed by atoms with Crippen molar-refractivity contribution < 1.29 is 8.83 Å². The second-order valence-electron chi connectivity index (χ2n) is 24.0. The van der Waals surface area contributed by atoms with Crippen molar-refractivity contribution in [3.8, 4) is 0 Å². The summed E-state index contributed by atoms with van der Waals surface area (Å²) in [6, 6.07) is 65.1. The van der Waals surface area contributed by atoms with Crippen molar-refractivity contribution in [3.05, 3.63) is 192 Å². The van der Waals surface area contributed by atoms with E-state index in [1.54, 1.807) is 0 Å². The molecule has 2 aromatic heterocycles. The maximum absolute atomic E-state index is 7.38. The van der Waals surface area contributed by atoms with Gasteiger partial charge in [-0.1, -0.05) is 199 Å². The summed E-state index contributed by atoms with van der Waals surface area (Å²) in [5.74, 6) is 2.02. The molecule has 0 amide bonds. The van der Waals surface area contributed by atoms with Gasteiger partial charge in [0.15, 0.2) is 11.2 Å². The zero-order valence-corrected chi connectivity index (χ0v) is 46.9. The van der Waals surface area contributed by atoms with E-state index in [4.69, 9.17) is 8.83 Å². The Morgan fingerprint density at radius 3 is 0.988 bits per heavy atom. The number of anilines is 6. The van der Waals surface area contributed by atoms with E-state index in [-0.39, 0.29) is 0 Å². The molecule has 10 aromatic carbocycles. The van der Waals surface area contributed by atoms with Gasteiger partial charge in [0.1, 0.15) is 11.2 Å². The van der Waals surface area contributed by atoms with Crippen LogP contribution in [0, 0.1) is 0 Å². The predicted octanol–water partition coefficient (Wildman–Crippen LogP) is 23.8. The molecule has 0 aliphatic heterocycles. The highest BCUT2D eigenvalue weighted by Gasteiger charge is 2.32. The first-order chi connectivity index (χ1) is 39.7. The van der Waals surface area contributed by atoms with Crippen molar-refractivity contribution in [1.82, 2.24) is 0 Å². The topological polar surface area (TPSA) is 32.8 Å². The van der Waals surface area contributed by atoms with Crippen molar-refractivity contribution in [1.29, 1.82) is 0 Å². The van der Waals surface area contributed by atoms with Crippen LogP contribution < -0.4 is 9.80 Å². The summed E-state index contributed by atoms with van der Waals surface area (Å²) >= 11 is 0. The van der Waals surface area contributed by atoms with Crippen LogP contribution in [0.2, 0.25) is 0 Å². The maximum atomic E-state index is 7.38. The zero-order chi connectivity index (χ0) is 53.3. The van der Waals surface area contributed by atoms with Crippen LogP contribution in [0.4, 0.5) is 34.1 Å². The molecule has 0 saturated heterocycles. The van der Waals surface area contributed by atoms with Crippen molar-refractivity contribution in [3.63, 3.8) is 0 Å². The van der Waals surface area contributed by atoms with Gasteiger partial charge >= 0.3 is 0 Å². The molecule has 0 bridgehead atoms. The van der Waals surface area contributed by atoms with Gasteiger partial charge in [0.25, 0.3) is 0 Å². The molecule has 0 radical (unpaired) electrons. The van der Waals surface area contributed by atoms with Gasteiger partial charge in [-0.3, -0.25) is 0 Å². The standard InChI is InChI=1S/C74H68N2O2.C2H6/c1-5-21-47(22-6-1)53-33-17-35-57-59-37-19-39-65(73(59)77-71(53)57)75(51-29-9-3-10-30-51)67-45-63(49-25-13-14-26-49)55-42-44-62-68(46-64(50-27-15-16-28-50)56-41-43-61(67)69(55)70(56)62)76(52-31-11-4-12-32-52)66-40-20-38-60-58-36-18-34-54(72(58)78-74(60)66)48-23-7-2-8-24-48;1-2/h3-4,9-12,17-20,29-50H,1-2,5-8,13-16,21-28H2;1-2H3. The molecule has 0 N–H and O–H groups in total. The Bertz CT molecular complexity index is 3930. The molecule has 4 nitrogen and oxygen atoms in total. The summed E-state index contributed by atoms with van der Waals surface area (Å²) in [5.41, 5.74) is 16.7. The first-order valence-corrected chi connectivity index (χ1v) is 31.1. The smallest absolute Gasteiger partial charge is 0.159 e. The summed E-state index contributed by atoms with van der Waals surface area (Å²) in [5, 5.41) is 13.0. The van der Waals surface area contributed by atoms with Crippen LogP contribution in [-0.4, -0.2) is 0 Å². The van der Waals surface area contributed by atoms with E-state index in [9.17, 15) is 0 Å². The molecule has 2 heterocycles. The molecule has 12 aromatic rings. The quantitative estimate of drug-likeness (QED) is 0.128. The van der Waals surface area contributed by atoms with E-state index < -0.39 is 0 Å². The molecule has 4 aliphatic rings. The van der Waals surface area contributed by atoms with Crippen LogP contribution in [0.25, 0.3) is 76.2 Å². The number of hydrogen-bond donors (Lipinski definition) is 0. The summed E-state index contributed by atoms with van der Waals surface area (Å²) < 4.78 is 14.8. The third-order valence-corrected chi connectivity index (χ3v) is 19.7. The highest BCUT2D eigenvalue weighted by atomic mass is 16.3. The van der Waals surface area contributed by atoms with Gasteiger partial charge in [-0.25, -0.2) is 0 Å². The molecule has 0 atom stereocenters. The average Bonchev–Trinajstić information content (AvgIpc) is 4.42. The lowest BCUT2D eigenvalue weighted by molar-refractivity contribution is 0.442. The van der Waals surface area contributed by atoms with Gasteiger partial charge in [0.05, 0.1) is 22.7 Å². The number of rotatable bonds is 10. The number of para-hydroxylation sites is 6. The lowest BCUT2D eigenvalue weighted by Gasteiger charge is -2.32. The van der Waals surface area contributed by atoms with Crippen LogP contribution >= 0.6 is 0 Å². The summed E-state index contributed by atoms with van der Waals surface area (Å²) in [4.78, 5) is 5.13. The van der Waals surface area contributed by atoms with E-state index in [0.29, 0.717) is 23.7 Å². The monoisotopic (exact) mass is 1050 g/mol. The van der Waals surface area contributed by atoms with Gasteiger partial charge in [-0.05, 0) is 167 Å². The molecule has 0 spiro atoms. The van der Waals surface area contributed by atoms with Crippen LogP contribution in [0.1, 0.15) is 175 Å². The van der Waals surface area contributed by atoms with Gasteiger partial charge in [0, 0.05) is 43.7 Å². The number of hydrogen-bond acceptors (Lipinski definition) is 4. The second kappa shape index (κ2) is 20.8. The summed E-state index contributed by atoms with van der Waals surface area (Å²) in [7, 11) is 0. The SMILES string of the molecule is CC.c1ccc(N(c2cc(C3CCCC3)c3ccc4c(N(c5ccccc5)c5cccc6c5oc5c(C7CCCCC7)cccc56)cc(C5CCCC5)c5ccc2c3c54)c2cccc3c2oc2c(C4CCCCC4)cccc23)cc1. The van der Waals surface area contributed by atoms with E-state index >= 15 is 0 Å². The van der Waals surface area contributed by atoms with E-state index in [2.05, 4.69) is 180 Å². The number of fused-ring (bicyclic) bond motifs is 6. The van der Waals surface area contributed by atoms with Crippen molar-refractivity contribution in [2.45, 2.75) is 153 Å². The minimum absolute atomic E-state index is 0.477. The van der Waals surface area contributed by atoms with Crippen LogP contribution in [-0.2, 0) is 0 Å². The summed E-state index contributed by atoms with van der Waals surface area (Å²) in [6.45, 7) is 4.00. The third-order valence-electron chi connectivity index (χ3n) is 19.7. The third kappa shape index (κ3) is 8.13. The second-order valence-corrected chi connectivity index (χ2v) is 24.0. The minimum Gasteiger partial charge on any atom is -0.454 e. The average molecular weight is 1050 g/mol. The molecule has 16 rings (SSSR count). The number of furan rings is 2. The van der Waals surface area contributed by atoms with Gasteiger partial charge in [0.2, 0.25) is 0 Å². The highest BCUT2D eigenvalue weighted by Crippen LogP contribution is 2.55. The van der Waals surface area contributed by atoms with Gasteiger partial charge in [-0.15, -0.1) is 0 Å². The van der Waals surface area contributed by atoms with Crippen LogP contribution in [0.15, 0.2) is 179 Å². The molecular weight excluding hydrogens is 973 g/mol. The van der Waals surface area contributed by atoms with E-state index in [1.165, 1.54) is 203 Å². The largest absolute Gasteiger partial charge is 0.454 e. The first-order valence-electron chi connectivity index (χ1n) is 31.1. The fourth-order valence-corrected chi connectivity index (χ4v) is 16.0. The highest BCUT2D eigenvalue weighted by molar-refractivity contribution is 6.30.